The first-order chi connectivity index (χ1) is 17.9. The van der Waals surface area contributed by atoms with E-state index in [1.807, 2.05) is 30.7 Å². The number of anilines is 1. The fraction of sp³-hybridized carbons (Fsp3) is 0.385. The van der Waals surface area contributed by atoms with Gasteiger partial charge in [-0.15, -0.1) is 12.1 Å². The van der Waals surface area contributed by atoms with Crippen molar-refractivity contribution >= 4 is 52.8 Å². The van der Waals surface area contributed by atoms with Gasteiger partial charge in [0.15, 0.2) is 6.68 Å². The van der Waals surface area contributed by atoms with Gasteiger partial charge in [-0.05, 0) is 43.1 Å². The molecule has 218 valence electrons. The molecule has 13 heteroatoms. The van der Waals surface area contributed by atoms with Gasteiger partial charge in [0.25, 0.3) is 5.91 Å². The Kier molecular flexibility index (Phi) is 15.6. The first-order valence-electron chi connectivity index (χ1n) is 11.7. The summed E-state index contributed by atoms with van der Waals surface area (Å²) in [5.74, 6) is -0.208. The number of piperidine rings is 1. The van der Waals surface area contributed by atoms with E-state index in [-0.39, 0.29) is 25.7 Å². The van der Waals surface area contributed by atoms with E-state index in [2.05, 4.69) is 17.1 Å². The molecule has 0 bridgehead atoms. The Morgan fingerprint density at radius 1 is 1.08 bits per heavy atom. The molecule has 2 aromatic rings. The van der Waals surface area contributed by atoms with E-state index in [1.165, 1.54) is 4.90 Å². The van der Waals surface area contributed by atoms with Gasteiger partial charge in [-0.3, -0.25) is 9.69 Å². The normalized spacial score (nSPS) is 15.6. The van der Waals surface area contributed by atoms with Crippen LogP contribution < -0.4 is 5.32 Å². The Balaban J connectivity index is 0.000000487. The number of amides is 2. The fourth-order valence-corrected chi connectivity index (χ4v) is 4.94. The molecule has 39 heavy (non-hydrogen) atoms. The van der Waals surface area contributed by atoms with Crippen molar-refractivity contribution in [2.75, 3.05) is 45.6 Å². The van der Waals surface area contributed by atoms with Crippen molar-refractivity contribution in [3.8, 4) is 0 Å². The molecule has 2 fully saturated rings. The molecule has 2 aromatic carbocycles. The second kappa shape index (κ2) is 17.2. The summed E-state index contributed by atoms with van der Waals surface area (Å²) < 4.78 is 28.8. The van der Waals surface area contributed by atoms with Crippen molar-refractivity contribution in [3.63, 3.8) is 0 Å². The van der Waals surface area contributed by atoms with Crippen molar-refractivity contribution in [1.29, 1.82) is 0 Å². The van der Waals surface area contributed by atoms with Crippen molar-refractivity contribution in [1.82, 2.24) is 14.7 Å². The predicted molar refractivity (Wildman–Crippen MR) is 146 cm³/mol. The Bertz CT molecular complexity index is 1030. The number of nitrogens with one attached hydrogen (secondary N) is 1. The molecule has 2 aliphatic rings. The fourth-order valence-electron chi connectivity index (χ4n) is 4.08. The van der Waals surface area contributed by atoms with Gasteiger partial charge in [-0.2, -0.15) is 25.0 Å². The first kappa shape index (κ1) is 35.3. The average Bonchev–Trinajstić information content (AvgIpc) is 2.80. The maximum atomic E-state index is 12.2. The minimum absolute atomic E-state index is 0. The van der Waals surface area contributed by atoms with Crippen LogP contribution in [0.3, 0.4) is 0 Å². The van der Waals surface area contributed by atoms with Crippen LogP contribution in [0.2, 0.25) is 15.1 Å². The number of nitrogens with zero attached hydrogens (tertiary/aromatic N) is 3. The van der Waals surface area contributed by atoms with E-state index < -0.39 is 6.68 Å². The van der Waals surface area contributed by atoms with Crippen LogP contribution in [0.15, 0.2) is 36.4 Å². The van der Waals surface area contributed by atoms with E-state index >= 15 is 0 Å². The minimum atomic E-state index is -3.08. The number of rotatable bonds is 5. The number of benzene rings is 2. The number of hydrogen-bond donors (Lipinski definition) is 1. The van der Waals surface area contributed by atoms with Gasteiger partial charge >= 0.3 is 0 Å². The average molecular weight is 783 g/mol. The zero-order valence-electron chi connectivity index (χ0n) is 21.3. The van der Waals surface area contributed by atoms with Crippen molar-refractivity contribution in [2.24, 2.45) is 0 Å². The van der Waals surface area contributed by atoms with E-state index in [1.54, 1.807) is 31.1 Å². The van der Waals surface area contributed by atoms with Gasteiger partial charge in [0.1, 0.15) is 0 Å². The molecule has 0 atom stereocenters. The summed E-state index contributed by atoms with van der Waals surface area (Å²) in [5.41, 5.74) is 2.11. The number of carbonyl (C=O) groups excluding carboxylic acids is 2. The summed E-state index contributed by atoms with van der Waals surface area (Å²) in [6.07, 6.45) is 3.97. The zero-order chi connectivity index (χ0) is 28.4. The molecule has 0 radical (unpaired) electrons. The Morgan fingerprint density at radius 3 is 2.03 bits per heavy atom. The maximum Gasteiger partial charge on any atom is 0.256 e. The first-order valence-corrected chi connectivity index (χ1v) is 12.8. The van der Waals surface area contributed by atoms with Gasteiger partial charge < -0.3 is 33.1 Å². The van der Waals surface area contributed by atoms with Gasteiger partial charge in [-0.1, -0.05) is 40.9 Å². The summed E-state index contributed by atoms with van der Waals surface area (Å²) in [5, 5.41) is 4.89. The SMILES string of the molecule is CN(C)C(=O)c1c(Cl)cc(NC2CN(C3CCN([C-]=O)CC3)C2)cc1Cl.F[C-](F)F.[CH2-]c1cccc(Cl)c1.[Os]. The Labute approximate surface area is 255 Å². The van der Waals surface area contributed by atoms with E-state index in [0.29, 0.717) is 27.7 Å². The second-order valence-corrected chi connectivity index (χ2v) is 10.2. The third-order valence-corrected chi connectivity index (χ3v) is 6.77. The molecule has 2 saturated heterocycles. The van der Waals surface area contributed by atoms with Crippen LogP contribution in [0.5, 0.6) is 0 Å². The molecule has 4 rings (SSSR count). The number of carbonyl (C=O) groups is 1. The molecule has 0 aromatic heterocycles. The minimum Gasteiger partial charge on any atom is -0.520 e. The van der Waals surface area contributed by atoms with Gasteiger partial charge in [0.05, 0.1) is 21.7 Å². The third kappa shape index (κ3) is 11.7. The standard InChI is InChI=1S/C18H23Cl2N4O2.C7H6Cl.CF3.Os/c1-22(2)18(26)17-15(19)7-12(8-16(17)20)21-13-9-24(10-13)14-3-5-23(11-25)6-4-14;1-6-3-2-4-7(8)5-6;2-1(3)4;/h7-8,13-14,21H,3-6,9-10H2,1-2H3;2-5H,1H2;;/q3*-1;. The number of hydrogen-bond acceptors (Lipinski definition) is 4. The van der Waals surface area contributed by atoms with E-state index in [4.69, 9.17) is 34.8 Å². The molecular formula is C26H29Cl3F3N4O2Os-3. The monoisotopic (exact) mass is 783 g/mol. The van der Waals surface area contributed by atoms with Crippen LogP contribution >= 0.6 is 34.8 Å². The van der Waals surface area contributed by atoms with Crippen molar-refractivity contribution < 1.29 is 42.6 Å². The number of halogens is 6. The maximum absolute atomic E-state index is 12.2. The Hall–Kier alpha value is -1.69. The topological polar surface area (TPSA) is 55.9 Å². The van der Waals surface area contributed by atoms with Crippen LogP contribution in [0.25, 0.3) is 0 Å². The smallest absolute Gasteiger partial charge is 0.256 e. The molecule has 2 amide bonds. The molecule has 0 unspecified atom stereocenters. The third-order valence-electron chi connectivity index (χ3n) is 5.94. The molecule has 2 aliphatic heterocycles. The summed E-state index contributed by atoms with van der Waals surface area (Å²) >= 11 is 18.2. The molecule has 0 aliphatic carbocycles. The molecule has 1 N–H and O–H groups in total. The predicted octanol–water partition coefficient (Wildman–Crippen LogP) is 6.18. The Morgan fingerprint density at radius 2 is 1.62 bits per heavy atom. The molecule has 6 nitrogen and oxygen atoms in total. The van der Waals surface area contributed by atoms with Crippen LogP contribution in [0.4, 0.5) is 18.9 Å². The summed E-state index contributed by atoms with van der Waals surface area (Å²) in [7, 11) is 3.34. The van der Waals surface area contributed by atoms with Crippen molar-refractivity contribution in [3.05, 3.63) is 76.2 Å². The van der Waals surface area contributed by atoms with Crippen LogP contribution in [0.1, 0.15) is 28.8 Å². The summed E-state index contributed by atoms with van der Waals surface area (Å²) in [4.78, 5) is 28.4. The largest absolute Gasteiger partial charge is 0.520 e. The summed E-state index contributed by atoms with van der Waals surface area (Å²) in [6.45, 7) is 4.08. The molecule has 0 spiro atoms. The van der Waals surface area contributed by atoms with Crippen molar-refractivity contribution in [2.45, 2.75) is 24.9 Å². The van der Waals surface area contributed by atoms with E-state index in [0.717, 1.165) is 55.3 Å². The second-order valence-electron chi connectivity index (χ2n) is 8.96. The van der Waals surface area contributed by atoms with Crippen LogP contribution in [-0.4, -0.2) is 79.4 Å². The van der Waals surface area contributed by atoms with Gasteiger partial charge in [0, 0.05) is 58.7 Å². The summed E-state index contributed by atoms with van der Waals surface area (Å²) in [6, 6.07) is 11.8. The van der Waals surface area contributed by atoms with Crippen LogP contribution in [0, 0.1) is 13.6 Å². The van der Waals surface area contributed by atoms with E-state index in [9.17, 15) is 22.8 Å². The molecule has 0 saturated carbocycles. The quantitative estimate of drug-likeness (QED) is 0.369. The van der Waals surface area contributed by atoms with Gasteiger partial charge in [0.2, 0.25) is 0 Å². The van der Waals surface area contributed by atoms with Gasteiger partial charge in [-0.25, -0.2) is 0 Å². The molecule has 2 heterocycles. The molecular weight excluding hydrogens is 754 g/mol. The van der Waals surface area contributed by atoms with Crippen LogP contribution in [-0.2, 0) is 24.6 Å². The number of likely N-dealkylation sites (tertiary alicyclic amines) is 2. The zero-order valence-corrected chi connectivity index (χ0v) is 26.2.